The second-order valence-electron chi connectivity index (χ2n) is 4.89. The quantitative estimate of drug-likeness (QED) is 0.793. The SMILES string of the molecule is Cc1ccc(CN(CCO)CC2CC2)cc1. The van der Waals surface area contributed by atoms with E-state index in [1.165, 1.54) is 24.0 Å². The molecule has 0 aromatic heterocycles. The largest absolute Gasteiger partial charge is 0.395 e. The molecule has 0 amide bonds. The molecule has 0 bridgehead atoms. The molecule has 0 radical (unpaired) electrons. The van der Waals surface area contributed by atoms with Crippen LogP contribution in [-0.4, -0.2) is 29.7 Å². The second kappa shape index (κ2) is 5.46. The summed E-state index contributed by atoms with van der Waals surface area (Å²) in [4.78, 5) is 2.36. The van der Waals surface area contributed by atoms with Crippen molar-refractivity contribution in [3.05, 3.63) is 35.4 Å². The smallest absolute Gasteiger partial charge is 0.0558 e. The van der Waals surface area contributed by atoms with Crippen molar-refractivity contribution in [2.75, 3.05) is 19.7 Å². The molecule has 1 fully saturated rings. The van der Waals surface area contributed by atoms with Crippen molar-refractivity contribution < 1.29 is 5.11 Å². The fourth-order valence-corrected chi connectivity index (χ4v) is 1.99. The van der Waals surface area contributed by atoms with E-state index in [2.05, 4.69) is 36.1 Å². The lowest BCUT2D eigenvalue weighted by Crippen LogP contribution is -2.28. The maximum absolute atomic E-state index is 9.05. The fraction of sp³-hybridized carbons (Fsp3) is 0.571. The van der Waals surface area contributed by atoms with Crippen molar-refractivity contribution in [3.8, 4) is 0 Å². The van der Waals surface area contributed by atoms with E-state index in [0.29, 0.717) is 0 Å². The maximum Gasteiger partial charge on any atom is 0.0558 e. The first-order valence-electron chi connectivity index (χ1n) is 6.16. The van der Waals surface area contributed by atoms with E-state index in [0.717, 1.165) is 25.6 Å². The second-order valence-corrected chi connectivity index (χ2v) is 4.89. The Morgan fingerprint density at radius 3 is 2.50 bits per heavy atom. The summed E-state index contributed by atoms with van der Waals surface area (Å²) in [6.07, 6.45) is 2.74. The number of benzene rings is 1. The van der Waals surface area contributed by atoms with E-state index in [9.17, 15) is 0 Å². The van der Waals surface area contributed by atoms with Gasteiger partial charge in [-0.05, 0) is 31.2 Å². The number of hydrogen-bond acceptors (Lipinski definition) is 2. The maximum atomic E-state index is 9.05. The molecular formula is C14H21NO. The van der Waals surface area contributed by atoms with Gasteiger partial charge in [0.05, 0.1) is 6.61 Å². The molecule has 0 heterocycles. The molecule has 2 heteroatoms. The van der Waals surface area contributed by atoms with Gasteiger partial charge in [-0.2, -0.15) is 0 Å². The van der Waals surface area contributed by atoms with Crippen LogP contribution in [0, 0.1) is 12.8 Å². The molecule has 88 valence electrons. The monoisotopic (exact) mass is 219 g/mol. The van der Waals surface area contributed by atoms with E-state index in [1.807, 2.05) is 0 Å². The first kappa shape index (κ1) is 11.6. The molecule has 1 saturated carbocycles. The summed E-state index contributed by atoms with van der Waals surface area (Å²) in [6, 6.07) is 8.69. The molecule has 1 aromatic rings. The Morgan fingerprint density at radius 2 is 1.94 bits per heavy atom. The van der Waals surface area contributed by atoms with Crippen LogP contribution in [0.15, 0.2) is 24.3 Å². The summed E-state index contributed by atoms with van der Waals surface area (Å²) < 4.78 is 0. The minimum absolute atomic E-state index is 0.262. The Morgan fingerprint density at radius 1 is 1.25 bits per heavy atom. The highest BCUT2D eigenvalue weighted by atomic mass is 16.3. The third-order valence-electron chi connectivity index (χ3n) is 3.16. The van der Waals surface area contributed by atoms with Crippen LogP contribution in [0.2, 0.25) is 0 Å². The van der Waals surface area contributed by atoms with Gasteiger partial charge in [0.15, 0.2) is 0 Å². The van der Waals surface area contributed by atoms with Crippen LogP contribution in [0.4, 0.5) is 0 Å². The van der Waals surface area contributed by atoms with Gasteiger partial charge >= 0.3 is 0 Å². The van der Waals surface area contributed by atoms with Gasteiger partial charge in [-0.1, -0.05) is 29.8 Å². The van der Waals surface area contributed by atoms with Crippen LogP contribution in [0.3, 0.4) is 0 Å². The predicted molar refractivity (Wildman–Crippen MR) is 66.3 cm³/mol. The molecule has 1 aromatic carbocycles. The lowest BCUT2D eigenvalue weighted by Gasteiger charge is -2.21. The minimum atomic E-state index is 0.262. The first-order chi connectivity index (χ1) is 7.78. The highest BCUT2D eigenvalue weighted by Crippen LogP contribution is 2.30. The Labute approximate surface area is 97.9 Å². The van der Waals surface area contributed by atoms with Gasteiger partial charge in [-0.3, -0.25) is 4.90 Å². The van der Waals surface area contributed by atoms with Crippen LogP contribution in [-0.2, 0) is 6.54 Å². The molecule has 0 atom stereocenters. The number of aliphatic hydroxyl groups excluding tert-OH is 1. The number of nitrogens with zero attached hydrogens (tertiary/aromatic N) is 1. The third-order valence-corrected chi connectivity index (χ3v) is 3.16. The summed E-state index contributed by atoms with van der Waals surface area (Å²) in [5.74, 6) is 0.886. The predicted octanol–water partition coefficient (Wildman–Crippen LogP) is 2.20. The van der Waals surface area contributed by atoms with E-state index in [4.69, 9.17) is 5.11 Å². The molecule has 2 rings (SSSR count). The van der Waals surface area contributed by atoms with E-state index >= 15 is 0 Å². The van der Waals surface area contributed by atoms with E-state index in [-0.39, 0.29) is 6.61 Å². The Balaban J connectivity index is 1.90. The summed E-state index contributed by atoms with van der Waals surface area (Å²) in [5.41, 5.74) is 2.65. The average Bonchev–Trinajstić information content (AvgIpc) is 3.06. The highest BCUT2D eigenvalue weighted by molar-refractivity contribution is 5.21. The lowest BCUT2D eigenvalue weighted by atomic mass is 10.1. The minimum Gasteiger partial charge on any atom is -0.395 e. The zero-order valence-electron chi connectivity index (χ0n) is 10.0. The number of aryl methyl sites for hydroxylation is 1. The molecule has 0 spiro atoms. The molecule has 1 N–H and O–H groups in total. The van der Waals surface area contributed by atoms with Gasteiger partial charge in [-0.15, -0.1) is 0 Å². The molecule has 0 unspecified atom stereocenters. The van der Waals surface area contributed by atoms with Crippen LogP contribution >= 0.6 is 0 Å². The summed E-state index contributed by atoms with van der Waals surface area (Å²) in [6.45, 7) is 5.29. The molecule has 16 heavy (non-hydrogen) atoms. The summed E-state index contributed by atoms with van der Waals surface area (Å²) in [5, 5.41) is 9.05. The zero-order valence-corrected chi connectivity index (χ0v) is 10.0. The first-order valence-corrected chi connectivity index (χ1v) is 6.16. The topological polar surface area (TPSA) is 23.5 Å². The lowest BCUT2D eigenvalue weighted by molar-refractivity contribution is 0.185. The van der Waals surface area contributed by atoms with Crippen molar-refractivity contribution in [2.24, 2.45) is 5.92 Å². The van der Waals surface area contributed by atoms with Crippen molar-refractivity contribution in [3.63, 3.8) is 0 Å². The van der Waals surface area contributed by atoms with Crippen molar-refractivity contribution in [1.29, 1.82) is 0 Å². The molecule has 0 aliphatic heterocycles. The number of rotatable bonds is 6. The van der Waals surface area contributed by atoms with Gasteiger partial charge in [0, 0.05) is 19.6 Å². The van der Waals surface area contributed by atoms with Gasteiger partial charge in [0.1, 0.15) is 0 Å². The van der Waals surface area contributed by atoms with Crippen LogP contribution < -0.4 is 0 Å². The molecule has 1 aliphatic carbocycles. The Hall–Kier alpha value is -0.860. The van der Waals surface area contributed by atoms with Gasteiger partial charge in [0.2, 0.25) is 0 Å². The fourth-order valence-electron chi connectivity index (χ4n) is 1.99. The summed E-state index contributed by atoms with van der Waals surface area (Å²) >= 11 is 0. The van der Waals surface area contributed by atoms with Gasteiger partial charge < -0.3 is 5.11 Å². The molecular weight excluding hydrogens is 198 g/mol. The standard InChI is InChI=1S/C14H21NO/c1-12-2-4-13(5-3-12)10-15(8-9-16)11-14-6-7-14/h2-5,14,16H,6-11H2,1H3. The van der Waals surface area contributed by atoms with Crippen LogP contribution in [0.1, 0.15) is 24.0 Å². The summed E-state index contributed by atoms with van der Waals surface area (Å²) in [7, 11) is 0. The highest BCUT2D eigenvalue weighted by Gasteiger charge is 2.23. The van der Waals surface area contributed by atoms with Crippen LogP contribution in [0.5, 0.6) is 0 Å². The average molecular weight is 219 g/mol. The third kappa shape index (κ3) is 3.62. The zero-order chi connectivity index (χ0) is 11.4. The Kier molecular flexibility index (Phi) is 3.97. The molecule has 0 saturated heterocycles. The number of hydrogen-bond donors (Lipinski definition) is 1. The molecule has 2 nitrogen and oxygen atoms in total. The van der Waals surface area contributed by atoms with E-state index < -0.39 is 0 Å². The normalized spacial score (nSPS) is 15.7. The van der Waals surface area contributed by atoms with E-state index in [1.54, 1.807) is 0 Å². The van der Waals surface area contributed by atoms with Gasteiger partial charge in [-0.25, -0.2) is 0 Å². The van der Waals surface area contributed by atoms with Crippen molar-refractivity contribution in [1.82, 2.24) is 4.90 Å². The van der Waals surface area contributed by atoms with Gasteiger partial charge in [0.25, 0.3) is 0 Å². The van der Waals surface area contributed by atoms with Crippen LogP contribution in [0.25, 0.3) is 0 Å². The van der Waals surface area contributed by atoms with Crippen molar-refractivity contribution >= 4 is 0 Å². The number of aliphatic hydroxyl groups is 1. The Bertz CT molecular complexity index is 316. The van der Waals surface area contributed by atoms with Crippen molar-refractivity contribution in [2.45, 2.75) is 26.3 Å². The molecule has 1 aliphatic rings.